The van der Waals surface area contributed by atoms with Crippen molar-refractivity contribution in [2.24, 2.45) is 0 Å². The highest BCUT2D eigenvalue weighted by Gasteiger charge is 2.38. The zero-order valence-electron chi connectivity index (χ0n) is 19.1. The normalized spacial score (nSPS) is 17.0. The highest BCUT2D eigenvalue weighted by Crippen LogP contribution is 2.52. The van der Waals surface area contributed by atoms with E-state index in [1.54, 1.807) is 19.2 Å². The van der Waals surface area contributed by atoms with E-state index in [0.717, 1.165) is 11.1 Å². The summed E-state index contributed by atoms with van der Waals surface area (Å²) >= 11 is 0. The third kappa shape index (κ3) is 5.11. The van der Waals surface area contributed by atoms with E-state index in [2.05, 4.69) is 0 Å². The Morgan fingerprint density at radius 1 is 0.879 bits per heavy atom. The number of rotatable bonds is 12. The van der Waals surface area contributed by atoms with Crippen molar-refractivity contribution < 1.29 is 44.1 Å². The van der Waals surface area contributed by atoms with Gasteiger partial charge >= 0.3 is 0 Å². The molecule has 0 saturated heterocycles. The summed E-state index contributed by atoms with van der Waals surface area (Å²) < 4.78 is 28.5. The summed E-state index contributed by atoms with van der Waals surface area (Å²) in [6.07, 6.45) is -0.0880. The molecule has 2 aromatic carbocycles. The summed E-state index contributed by atoms with van der Waals surface area (Å²) in [6, 6.07) is 7.31. The SMILES string of the molecule is COc1cc([C@@H]2Oc3c(OC)cc(CCCO)cc3[C@H]2CO)cc(OC)c1OC(CO)CO. The van der Waals surface area contributed by atoms with Crippen molar-refractivity contribution in [3.05, 3.63) is 41.0 Å². The average molecular weight is 465 g/mol. The molecule has 3 rings (SSSR count). The van der Waals surface area contributed by atoms with Crippen molar-refractivity contribution in [3.63, 3.8) is 0 Å². The highest BCUT2D eigenvalue weighted by molar-refractivity contribution is 5.58. The first-order valence-corrected chi connectivity index (χ1v) is 10.8. The molecule has 0 spiro atoms. The van der Waals surface area contributed by atoms with Crippen molar-refractivity contribution in [1.82, 2.24) is 0 Å². The highest BCUT2D eigenvalue weighted by atomic mass is 16.6. The summed E-state index contributed by atoms with van der Waals surface area (Å²) in [5.41, 5.74) is 2.50. The molecule has 2 atom stereocenters. The van der Waals surface area contributed by atoms with Crippen LogP contribution in [-0.4, -0.2) is 74.3 Å². The fourth-order valence-corrected chi connectivity index (χ4v) is 4.01. The van der Waals surface area contributed by atoms with E-state index in [0.29, 0.717) is 41.4 Å². The minimum Gasteiger partial charge on any atom is -0.493 e. The molecule has 1 aliphatic heterocycles. The third-order valence-corrected chi connectivity index (χ3v) is 5.70. The van der Waals surface area contributed by atoms with Crippen LogP contribution < -0.4 is 23.7 Å². The summed E-state index contributed by atoms with van der Waals surface area (Å²) in [7, 11) is 4.51. The van der Waals surface area contributed by atoms with Crippen molar-refractivity contribution >= 4 is 0 Å². The molecule has 9 nitrogen and oxygen atoms in total. The van der Waals surface area contributed by atoms with Gasteiger partial charge in [0.15, 0.2) is 23.0 Å². The number of ether oxygens (including phenoxy) is 5. The molecule has 0 aromatic heterocycles. The van der Waals surface area contributed by atoms with Gasteiger partial charge in [-0.1, -0.05) is 6.07 Å². The number of fused-ring (bicyclic) bond motifs is 1. The zero-order chi connectivity index (χ0) is 24.0. The van der Waals surface area contributed by atoms with E-state index in [-0.39, 0.29) is 38.1 Å². The Labute approximate surface area is 193 Å². The van der Waals surface area contributed by atoms with Gasteiger partial charge in [-0.2, -0.15) is 0 Å². The molecule has 33 heavy (non-hydrogen) atoms. The van der Waals surface area contributed by atoms with Crippen LogP contribution in [0.4, 0.5) is 0 Å². The second-order valence-corrected chi connectivity index (χ2v) is 7.73. The fraction of sp³-hybridized carbons (Fsp3) is 0.500. The van der Waals surface area contributed by atoms with Gasteiger partial charge in [0.05, 0.1) is 47.1 Å². The van der Waals surface area contributed by atoms with E-state index in [1.807, 2.05) is 12.1 Å². The third-order valence-electron chi connectivity index (χ3n) is 5.70. The van der Waals surface area contributed by atoms with Crippen LogP contribution in [0.2, 0.25) is 0 Å². The van der Waals surface area contributed by atoms with E-state index in [9.17, 15) is 20.4 Å². The molecule has 0 fully saturated rings. The minimum absolute atomic E-state index is 0.0867. The fourth-order valence-electron chi connectivity index (χ4n) is 4.01. The molecule has 0 radical (unpaired) electrons. The molecule has 0 amide bonds. The second kappa shape index (κ2) is 11.4. The van der Waals surface area contributed by atoms with Crippen LogP contribution in [-0.2, 0) is 6.42 Å². The lowest BCUT2D eigenvalue weighted by atomic mass is 9.90. The van der Waals surface area contributed by atoms with Crippen LogP contribution in [0.25, 0.3) is 0 Å². The number of hydrogen-bond acceptors (Lipinski definition) is 9. The molecular formula is C24H32O9. The first-order chi connectivity index (χ1) is 16.0. The summed E-state index contributed by atoms with van der Waals surface area (Å²) in [5.74, 6) is 1.68. The quantitative estimate of drug-likeness (QED) is 0.370. The molecule has 4 N–H and O–H groups in total. The van der Waals surface area contributed by atoms with Gasteiger partial charge < -0.3 is 44.1 Å². The number of aryl methyl sites for hydroxylation is 1. The molecule has 0 saturated carbocycles. The van der Waals surface area contributed by atoms with Crippen LogP contribution in [0.1, 0.15) is 35.1 Å². The van der Waals surface area contributed by atoms with Gasteiger partial charge in [0.1, 0.15) is 12.2 Å². The maximum Gasteiger partial charge on any atom is 0.204 e. The van der Waals surface area contributed by atoms with Crippen molar-refractivity contribution in [3.8, 4) is 28.7 Å². The molecule has 2 aromatic rings. The van der Waals surface area contributed by atoms with Crippen LogP contribution in [0.3, 0.4) is 0 Å². The lowest BCUT2D eigenvalue weighted by molar-refractivity contribution is 0.0587. The van der Waals surface area contributed by atoms with Gasteiger partial charge in [0.2, 0.25) is 5.75 Å². The van der Waals surface area contributed by atoms with Crippen LogP contribution in [0, 0.1) is 0 Å². The van der Waals surface area contributed by atoms with Crippen molar-refractivity contribution in [2.45, 2.75) is 31.0 Å². The molecule has 1 heterocycles. The van der Waals surface area contributed by atoms with Gasteiger partial charge in [0, 0.05) is 17.7 Å². The predicted molar refractivity (Wildman–Crippen MR) is 120 cm³/mol. The maximum atomic E-state index is 10.3. The number of hydrogen-bond donors (Lipinski definition) is 4. The maximum absolute atomic E-state index is 10.3. The molecule has 9 heteroatoms. The molecule has 0 bridgehead atoms. The summed E-state index contributed by atoms with van der Waals surface area (Å²) in [6.45, 7) is -0.832. The lowest BCUT2D eigenvalue weighted by Crippen LogP contribution is -2.25. The largest absolute Gasteiger partial charge is 0.493 e. The minimum atomic E-state index is -0.836. The average Bonchev–Trinajstić information content (AvgIpc) is 3.23. The van der Waals surface area contributed by atoms with Crippen molar-refractivity contribution in [2.75, 3.05) is 47.8 Å². The van der Waals surface area contributed by atoms with Crippen molar-refractivity contribution in [1.29, 1.82) is 0 Å². The first kappa shape index (κ1) is 24.9. The van der Waals surface area contributed by atoms with Crippen LogP contribution in [0.5, 0.6) is 28.7 Å². The van der Waals surface area contributed by atoms with E-state index in [1.165, 1.54) is 14.2 Å². The first-order valence-electron chi connectivity index (χ1n) is 10.8. The van der Waals surface area contributed by atoms with E-state index >= 15 is 0 Å². The molecule has 0 unspecified atom stereocenters. The predicted octanol–water partition coefficient (Wildman–Crippen LogP) is 1.58. The lowest BCUT2D eigenvalue weighted by Gasteiger charge is -2.23. The molecule has 182 valence electrons. The second-order valence-electron chi connectivity index (χ2n) is 7.73. The number of methoxy groups -OCH3 is 3. The van der Waals surface area contributed by atoms with Gasteiger partial charge in [-0.25, -0.2) is 0 Å². The van der Waals surface area contributed by atoms with Gasteiger partial charge in [-0.05, 0) is 36.6 Å². The Kier molecular flexibility index (Phi) is 8.62. The van der Waals surface area contributed by atoms with E-state index in [4.69, 9.17) is 23.7 Å². The standard InChI is InChI=1S/C24H32O9/c1-29-19-8-14(5-4-6-25)7-17-18(13-28)22(33-23(17)19)15-9-20(30-2)24(21(10-15)31-3)32-16(11-26)12-27/h7-10,16,18,22,25-28H,4-6,11-13H2,1-3H3/t18-,22+/m1/s1. The van der Waals surface area contributed by atoms with Crippen LogP contribution >= 0.6 is 0 Å². The molecular weight excluding hydrogens is 432 g/mol. The Morgan fingerprint density at radius 2 is 1.52 bits per heavy atom. The monoisotopic (exact) mass is 464 g/mol. The Morgan fingerprint density at radius 3 is 2.03 bits per heavy atom. The van der Waals surface area contributed by atoms with E-state index < -0.39 is 12.2 Å². The zero-order valence-corrected chi connectivity index (χ0v) is 19.1. The van der Waals surface area contributed by atoms with Gasteiger partial charge in [0.25, 0.3) is 0 Å². The molecule has 0 aliphatic carbocycles. The Balaban J connectivity index is 2.03. The van der Waals surface area contributed by atoms with Crippen LogP contribution in [0.15, 0.2) is 24.3 Å². The number of aliphatic hydroxyl groups is 4. The Bertz CT molecular complexity index is 901. The van der Waals surface area contributed by atoms with Gasteiger partial charge in [-0.3, -0.25) is 0 Å². The topological polar surface area (TPSA) is 127 Å². The Hall–Kier alpha value is -2.72. The summed E-state index contributed by atoms with van der Waals surface area (Å²) in [4.78, 5) is 0. The number of aliphatic hydroxyl groups excluding tert-OH is 4. The summed E-state index contributed by atoms with van der Waals surface area (Å²) in [5, 5.41) is 38.2. The number of benzene rings is 2. The molecule has 1 aliphatic rings. The smallest absolute Gasteiger partial charge is 0.204 e. The van der Waals surface area contributed by atoms with Gasteiger partial charge in [-0.15, -0.1) is 0 Å².